The number of anilines is 2. The van der Waals surface area contributed by atoms with Crippen molar-refractivity contribution in [1.29, 1.82) is 0 Å². The van der Waals surface area contributed by atoms with Gasteiger partial charge in [-0.15, -0.1) is 0 Å². The molecule has 0 fully saturated rings. The number of esters is 1. The van der Waals surface area contributed by atoms with E-state index in [2.05, 4.69) is 5.32 Å². The molecule has 0 bridgehead atoms. The zero-order chi connectivity index (χ0) is 24.4. The van der Waals surface area contributed by atoms with E-state index in [-0.39, 0.29) is 16.7 Å². The Kier molecular flexibility index (Phi) is 6.47. The maximum atomic E-state index is 12.9. The molecule has 1 aliphatic heterocycles. The van der Waals surface area contributed by atoms with Gasteiger partial charge < -0.3 is 10.1 Å². The van der Waals surface area contributed by atoms with E-state index in [1.165, 1.54) is 25.1 Å². The molecule has 8 heteroatoms. The third-order valence-electron chi connectivity index (χ3n) is 5.49. The number of ether oxygens (including phenoxy) is 1. The van der Waals surface area contributed by atoms with Crippen molar-refractivity contribution in [1.82, 2.24) is 0 Å². The monoisotopic (exact) mass is 476 g/mol. The average Bonchev–Trinajstić information content (AvgIpc) is 3.09. The summed E-state index contributed by atoms with van der Waals surface area (Å²) in [4.78, 5) is 51.8. The van der Waals surface area contributed by atoms with Crippen molar-refractivity contribution in [3.05, 3.63) is 94.0 Å². The third kappa shape index (κ3) is 4.56. The lowest BCUT2D eigenvalue weighted by atomic mass is 10.1. The van der Waals surface area contributed by atoms with Crippen molar-refractivity contribution in [2.75, 3.05) is 10.2 Å². The van der Waals surface area contributed by atoms with Gasteiger partial charge in [-0.25, -0.2) is 9.69 Å². The summed E-state index contributed by atoms with van der Waals surface area (Å²) in [5.41, 5.74) is 2.42. The number of nitrogens with zero attached hydrogens (tertiary/aromatic N) is 1. The fourth-order valence-electron chi connectivity index (χ4n) is 3.54. The lowest BCUT2D eigenvalue weighted by Crippen LogP contribution is -2.30. The van der Waals surface area contributed by atoms with Gasteiger partial charge in [0.2, 0.25) is 0 Å². The van der Waals surface area contributed by atoms with Crippen LogP contribution in [0.15, 0.2) is 66.7 Å². The van der Waals surface area contributed by atoms with E-state index >= 15 is 0 Å². The van der Waals surface area contributed by atoms with Crippen LogP contribution >= 0.6 is 11.6 Å². The predicted molar refractivity (Wildman–Crippen MR) is 128 cm³/mol. The van der Waals surface area contributed by atoms with E-state index in [9.17, 15) is 19.2 Å². The van der Waals surface area contributed by atoms with Crippen LogP contribution in [0.4, 0.5) is 11.4 Å². The molecule has 1 aliphatic rings. The van der Waals surface area contributed by atoms with Crippen molar-refractivity contribution in [3.8, 4) is 0 Å². The summed E-state index contributed by atoms with van der Waals surface area (Å²) in [6, 6.07) is 17.8. The smallest absolute Gasteiger partial charge is 0.338 e. The SMILES string of the molecule is CCc1ccc(NC(=O)[C@H](C)OC(=O)c2ccc3c(c2)C(=O)N(c2ccc(Cl)cc2)C3=O)cc1. The van der Waals surface area contributed by atoms with Crippen molar-refractivity contribution < 1.29 is 23.9 Å². The predicted octanol–water partition coefficient (Wildman–Crippen LogP) is 4.89. The molecule has 4 rings (SSSR count). The van der Waals surface area contributed by atoms with Gasteiger partial charge in [-0.2, -0.15) is 0 Å². The Labute approximate surface area is 201 Å². The van der Waals surface area contributed by atoms with Gasteiger partial charge in [0.1, 0.15) is 0 Å². The molecule has 0 saturated carbocycles. The van der Waals surface area contributed by atoms with Gasteiger partial charge in [-0.1, -0.05) is 30.7 Å². The number of nitrogens with one attached hydrogen (secondary N) is 1. The van der Waals surface area contributed by atoms with Crippen molar-refractivity contribution >= 4 is 46.7 Å². The molecular formula is C26H21ClN2O5. The summed E-state index contributed by atoms with van der Waals surface area (Å²) in [5, 5.41) is 3.17. The number of carbonyl (C=O) groups is 4. The van der Waals surface area contributed by atoms with Crippen molar-refractivity contribution in [3.63, 3.8) is 0 Å². The summed E-state index contributed by atoms with van der Waals surface area (Å²) in [6.45, 7) is 3.49. The van der Waals surface area contributed by atoms with Gasteiger partial charge in [-0.05, 0) is 73.5 Å². The summed E-state index contributed by atoms with van der Waals surface area (Å²) >= 11 is 5.89. The Hall–Kier alpha value is -3.97. The molecule has 3 aromatic rings. The first-order valence-electron chi connectivity index (χ1n) is 10.7. The average molecular weight is 477 g/mol. The van der Waals surface area contributed by atoms with Crippen LogP contribution in [0.5, 0.6) is 0 Å². The maximum absolute atomic E-state index is 12.9. The number of fused-ring (bicyclic) bond motifs is 1. The Morgan fingerprint density at radius 2 is 1.59 bits per heavy atom. The van der Waals surface area contributed by atoms with Crippen LogP contribution < -0.4 is 10.2 Å². The Balaban J connectivity index is 1.46. The van der Waals surface area contributed by atoms with E-state index in [1.807, 2.05) is 19.1 Å². The quantitative estimate of drug-likeness (QED) is 0.404. The van der Waals surface area contributed by atoms with E-state index in [0.29, 0.717) is 16.4 Å². The molecule has 34 heavy (non-hydrogen) atoms. The zero-order valence-corrected chi connectivity index (χ0v) is 19.3. The van der Waals surface area contributed by atoms with Crippen LogP contribution in [0.3, 0.4) is 0 Å². The fourth-order valence-corrected chi connectivity index (χ4v) is 3.67. The lowest BCUT2D eigenvalue weighted by molar-refractivity contribution is -0.123. The Bertz CT molecular complexity index is 1290. The normalized spacial score (nSPS) is 13.4. The number of carbonyl (C=O) groups excluding carboxylic acids is 4. The van der Waals surface area contributed by atoms with Crippen LogP contribution in [-0.4, -0.2) is 29.8 Å². The second kappa shape index (κ2) is 9.49. The second-order valence-corrected chi connectivity index (χ2v) is 8.21. The van der Waals surface area contributed by atoms with Crippen molar-refractivity contribution in [2.45, 2.75) is 26.4 Å². The highest BCUT2D eigenvalue weighted by Crippen LogP contribution is 2.30. The first-order valence-corrected chi connectivity index (χ1v) is 11.1. The standard InChI is InChI=1S/C26H21ClN2O5/c1-3-16-4-9-19(10-5-16)28-23(30)15(2)34-26(33)17-6-13-21-22(14-17)25(32)29(24(21)31)20-11-7-18(27)8-12-20/h4-15H,3H2,1-2H3,(H,28,30)/t15-/m0/s1. The van der Waals surface area contributed by atoms with Crippen LogP contribution in [0.1, 0.15) is 50.5 Å². The van der Waals surface area contributed by atoms with Gasteiger partial charge in [0.25, 0.3) is 17.7 Å². The maximum Gasteiger partial charge on any atom is 0.338 e. The molecule has 0 unspecified atom stereocenters. The molecular weight excluding hydrogens is 456 g/mol. The summed E-state index contributed by atoms with van der Waals surface area (Å²) in [6.07, 6.45) is -0.191. The number of hydrogen-bond donors (Lipinski definition) is 1. The highest BCUT2D eigenvalue weighted by molar-refractivity contribution is 6.35. The molecule has 0 spiro atoms. The van der Waals surface area contributed by atoms with E-state index in [4.69, 9.17) is 16.3 Å². The Morgan fingerprint density at radius 3 is 2.24 bits per heavy atom. The number of amides is 3. The van der Waals surface area contributed by atoms with Gasteiger partial charge >= 0.3 is 5.97 Å². The van der Waals surface area contributed by atoms with Crippen LogP contribution in [0, 0.1) is 0 Å². The molecule has 1 N–H and O–H groups in total. The molecule has 3 amide bonds. The van der Waals surface area contributed by atoms with Crippen LogP contribution in [-0.2, 0) is 16.0 Å². The molecule has 0 radical (unpaired) electrons. The summed E-state index contributed by atoms with van der Waals surface area (Å²) in [7, 11) is 0. The van der Waals surface area contributed by atoms with E-state index in [1.54, 1.807) is 36.4 Å². The molecule has 0 saturated heterocycles. The first-order chi connectivity index (χ1) is 16.3. The minimum atomic E-state index is -1.07. The molecule has 1 atom stereocenters. The second-order valence-electron chi connectivity index (χ2n) is 7.77. The first kappa shape index (κ1) is 23.2. The highest BCUT2D eigenvalue weighted by atomic mass is 35.5. The van der Waals surface area contributed by atoms with Gasteiger partial charge in [0.05, 0.1) is 22.4 Å². The molecule has 3 aromatic carbocycles. The number of hydrogen-bond acceptors (Lipinski definition) is 5. The number of halogens is 1. The largest absolute Gasteiger partial charge is 0.449 e. The third-order valence-corrected chi connectivity index (χ3v) is 5.74. The van der Waals surface area contributed by atoms with Gasteiger partial charge in [0, 0.05) is 10.7 Å². The lowest BCUT2D eigenvalue weighted by Gasteiger charge is -2.14. The number of rotatable bonds is 6. The van der Waals surface area contributed by atoms with Crippen LogP contribution in [0.2, 0.25) is 5.02 Å². The fraction of sp³-hybridized carbons (Fsp3) is 0.154. The van der Waals surface area contributed by atoms with E-state index in [0.717, 1.165) is 16.9 Å². The molecule has 0 aromatic heterocycles. The Morgan fingerprint density at radius 1 is 0.941 bits per heavy atom. The van der Waals surface area contributed by atoms with Gasteiger partial charge in [0.15, 0.2) is 6.10 Å². The number of benzene rings is 3. The van der Waals surface area contributed by atoms with E-state index < -0.39 is 29.8 Å². The summed E-state index contributed by atoms with van der Waals surface area (Å²) < 4.78 is 5.29. The number of imide groups is 1. The molecule has 0 aliphatic carbocycles. The van der Waals surface area contributed by atoms with Gasteiger partial charge in [-0.3, -0.25) is 14.4 Å². The molecule has 7 nitrogen and oxygen atoms in total. The highest BCUT2D eigenvalue weighted by Gasteiger charge is 2.37. The van der Waals surface area contributed by atoms with Crippen LogP contribution in [0.25, 0.3) is 0 Å². The molecule has 172 valence electrons. The number of aryl methyl sites for hydroxylation is 1. The summed E-state index contributed by atoms with van der Waals surface area (Å²) in [5.74, 6) is -2.32. The topological polar surface area (TPSA) is 92.8 Å². The minimum absolute atomic E-state index is 0.0600. The zero-order valence-electron chi connectivity index (χ0n) is 18.5. The minimum Gasteiger partial charge on any atom is -0.449 e. The molecule has 1 heterocycles. The van der Waals surface area contributed by atoms with Crippen molar-refractivity contribution in [2.24, 2.45) is 0 Å².